The standard InChI is InChI=1S/C21H34O2/c1-3-4-5-6-7-8-9-10-11-12-13-14-15-16-17-18-19-20(2)21(22)23/h13-19H,3-12H2,1-2H3,(H,22,23). The second-order valence-electron chi connectivity index (χ2n) is 5.97. The van der Waals surface area contributed by atoms with E-state index in [-0.39, 0.29) is 0 Å². The van der Waals surface area contributed by atoms with Crippen molar-refractivity contribution in [2.75, 3.05) is 0 Å². The maximum absolute atomic E-state index is 10.6. The van der Waals surface area contributed by atoms with E-state index in [1.165, 1.54) is 57.8 Å². The van der Waals surface area contributed by atoms with Crippen molar-refractivity contribution in [1.82, 2.24) is 0 Å². The molecule has 0 aromatic heterocycles. The topological polar surface area (TPSA) is 37.3 Å². The zero-order valence-corrected chi connectivity index (χ0v) is 15.0. The summed E-state index contributed by atoms with van der Waals surface area (Å²) in [6, 6.07) is 0. The Balaban J connectivity index is 3.47. The molecule has 0 radical (unpaired) electrons. The smallest absolute Gasteiger partial charge is 0.331 e. The average Bonchev–Trinajstić information content (AvgIpc) is 2.54. The summed E-state index contributed by atoms with van der Waals surface area (Å²) in [5.74, 6) is -0.875. The van der Waals surface area contributed by atoms with Crippen molar-refractivity contribution in [1.29, 1.82) is 0 Å². The van der Waals surface area contributed by atoms with Gasteiger partial charge in [0.1, 0.15) is 0 Å². The molecule has 0 aromatic rings. The Bertz CT molecular complexity index is 400. The number of hydrogen-bond acceptors (Lipinski definition) is 1. The van der Waals surface area contributed by atoms with E-state index in [4.69, 9.17) is 5.11 Å². The normalized spacial score (nSPS) is 12.9. The van der Waals surface area contributed by atoms with Crippen molar-refractivity contribution in [2.45, 2.75) is 78.1 Å². The van der Waals surface area contributed by atoms with Crippen LogP contribution in [0.15, 0.2) is 48.1 Å². The van der Waals surface area contributed by atoms with Gasteiger partial charge in [-0.3, -0.25) is 0 Å². The Morgan fingerprint density at radius 3 is 1.91 bits per heavy atom. The zero-order valence-electron chi connectivity index (χ0n) is 15.0. The fraction of sp³-hybridized carbons (Fsp3) is 0.571. The predicted octanol–water partition coefficient (Wildman–Crippen LogP) is 6.61. The number of allylic oxidation sites excluding steroid dienone is 7. The lowest BCUT2D eigenvalue weighted by Gasteiger charge is -2.00. The van der Waals surface area contributed by atoms with Gasteiger partial charge in [-0.05, 0) is 19.8 Å². The van der Waals surface area contributed by atoms with Crippen LogP contribution < -0.4 is 0 Å². The van der Waals surface area contributed by atoms with Gasteiger partial charge in [-0.25, -0.2) is 4.79 Å². The van der Waals surface area contributed by atoms with Gasteiger partial charge in [0, 0.05) is 5.57 Å². The maximum Gasteiger partial charge on any atom is 0.331 e. The maximum atomic E-state index is 10.6. The van der Waals surface area contributed by atoms with E-state index in [2.05, 4.69) is 19.1 Å². The lowest BCUT2D eigenvalue weighted by atomic mass is 10.1. The molecule has 0 unspecified atom stereocenters. The minimum absolute atomic E-state index is 0.343. The van der Waals surface area contributed by atoms with Crippen LogP contribution in [0.1, 0.15) is 78.1 Å². The van der Waals surface area contributed by atoms with Crippen LogP contribution in [0.25, 0.3) is 0 Å². The van der Waals surface area contributed by atoms with Crippen LogP contribution in [0.5, 0.6) is 0 Å². The third-order valence-electron chi connectivity index (χ3n) is 3.74. The third-order valence-corrected chi connectivity index (χ3v) is 3.74. The first kappa shape index (κ1) is 21.4. The highest BCUT2D eigenvalue weighted by Gasteiger charge is 1.94. The van der Waals surface area contributed by atoms with E-state index in [1.807, 2.05) is 18.2 Å². The number of carbonyl (C=O) groups is 1. The van der Waals surface area contributed by atoms with Gasteiger partial charge in [-0.2, -0.15) is 0 Å². The first-order chi connectivity index (χ1) is 11.2. The molecule has 0 bridgehead atoms. The van der Waals surface area contributed by atoms with Gasteiger partial charge >= 0.3 is 5.97 Å². The summed E-state index contributed by atoms with van der Waals surface area (Å²) in [6.45, 7) is 3.85. The molecule has 0 aliphatic carbocycles. The minimum Gasteiger partial charge on any atom is -0.478 e. The molecule has 1 N–H and O–H groups in total. The molecule has 0 atom stereocenters. The van der Waals surface area contributed by atoms with E-state index in [9.17, 15) is 4.79 Å². The number of aliphatic carboxylic acids is 1. The highest BCUT2D eigenvalue weighted by Crippen LogP contribution is 2.10. The number of carboxylic acid groups (broad SMARTS) is 1. The molecule has 0 aliphatic rings. The lowest BCUT2D eigenvalue weighted by Crippen LogP contribution is -1.94. The first-order valence-corrected chi connectivity index (χ1v) is 9.08. The van der Waals surface area contributed by atoms with Crippen LogP contribution in [-0.4, -0.2) is 11.1 Å². The molecule has 0 heterocycles. The summed E-state index contributed by atoms with van der Waals surface area (Å²) in [6.07, 6.45) is 26.8. The molecule has 0 aromatic carbocycles. The Morgan fingerprint density at radius 1 is 0.783 bits per heavy atom. The molecule has 0 saturated carbocycles. The summed E-state index contributed by atoms with van der Waals surface area (Å²) < 4.78 is 0. The Hall–Kier alpha value is -1.57. The number of carboxylic acids is 1. The fourth-order valence-electron chi connectivity index (χ4n) is 2.21. The van der Waals surface area contributed by atoms with E-state index in [0.717, 1.165) is 6.42 Å². The molecular formula is C21H34O2. The molecule has 0 fully saturated rings. The van der Waals surface area contributed by atoms with Gasteiger partial charge in [-0.15, -0.1) is 0 Å². The number of hydrogen-bond donors (Lipinski definition) is 1. The van der Waals surface area contributed by atoms with E-state index in [1.54, 1.807) is 19.1 Å². The summed E-state index contributed by atoms with van der Waals surface area (Å²) >= 11 is 0. The second-order valence-corrected chi connectivity index (χ2v) is 5.97. The Morgan fingerprint density at radius 2 is 1.30 bits per heavy atom. The summed E-state index contributed by atoms with van der Waals surface area (Å²) in [7, 11) is 0. The quantitative estimate of drug-likeness (QED) is 0.222. The van der Waals surface area contributed by atoms with Gasteiger partial charge < -0.3 is 5.11 Å². The predicted molar refractivity (Wildman–Crippen MR) is 101 cm³/mol. The van der Waals surface area contributed by atoms with E-state index in [0.29, 0.717) is 5.57 Å². The largest absolute Gasteiger partial charge is 0.478 e. The number of rotatable bonds is 14. The van der Waals surface area contributed by atoms with E-state index < -0.39 is 5.97 Å². The van der Waals surface area contributed by atoms with Crippen molar-refractivity contribution >= 4 is 5.97 Å². The third kappa shape index (κ3) is 16.6. The Kier molecular flexibility index (Phi) is 15.6. The molecule has 0 amide bonds. The van der Waals surface area contributed by atoms with Gasteiger partial charge in [0.15, 0.2) is 0 Å². The minimum atomic E-state index is -0.875. The molecule has 2 heteroatoms. The summed E-state index contributed by atoms with van der Waals surface area (Å²) in [5.41, 5.74) is 0.343. The molecule has 2 nitrogen and oxygen atoms in total. The molecule has 23 heavy (non-hydrogen) atoms. The fourth-order valence-corrected chi connectivity index (χ4v) is 2.21. The van der Waals surface area contributed by atoms with Gasteiger partial charge in [-0.1, -0.05) is 101 Å². The highest BCUT2D eigenvalue weighted by atomic mass is 16.4. The SMILES string of the molecule is CCCCCCCCCCCC=CC=CC=CC=C(C)C(=O)O. The van der Waals surface area contributed by atoms with Gasteiger partial charge in [0.2, 0.25) is 0 Å². The van der Waals surface area contributed by atoms with Crippen molar-refractivity contribution in [3.05, 3.63) is 48.1 Å². The molecule has 0 rings (SSSR count). The van der Waals surface area contributed by atoms with Gasteiger partial charge in [0.25, 0.3) is 0 Å². The monoisotopic (exact) mass is 318 g/mol. The number of unbranched alkanes of at least 4 members (excludes halogenated alkanes) is 9. The first-order valence-electron chi connectivity index (χ1n) is 9.08. The van der Waals surface area contributed by atoms with Crippen LogP contribution in [0.3, 0.4) is 0 Å². The van der Waals surface area contributed by atoms with Crippen LogP contribution in [0.4, 0.5) is 0 Å². The molecule has 0 aliphatic heterocycles. The molecule has 0 spiro atoms. The lowest BCUT2D eigenvalue weighted by molar-refractivity contribution is -0.132. The molecule has 130 valence electrons. The summed E-state index contributed by atoms with van der Waals surface area (Å²) in [4.78, 5) is 10.6. The van der Waals surface area contributed by atoms with Crippen LogP contribution >= 0.6 is 0 Å². The van der Waals surface area contributed by atoms with Crippen molar-refractivity contribution in [3.8, 4) is 0 Å². The van der Waals surface area contributed by atoms with Crippen LogP contribution in [0.2, 0.25) is 0 Å². The van der Waals surface area contributed by atoms with Crippen molar-refractivity contribution < 1.29 is 9.90 Å². The van der Waals surface area contributed by atoms with Gasteiger partial charge in [0.05, 0.1) is 0 Å². The molecular weight excluding hydrogens is 284 g/mol. The van der Waals surface area contributed by atoms with Crippen molar-refractivity contribution in [2.24, 2.45) is 0 Å². The second kappa shape index (κ2) is 16.8. The molecule has 0 saturated heterocycles. The van der Waals surface area contributed by atoms with E-state index >= 15 is 0 Å². The zero-order chi connectivity index (χ0) is 17.2. The van der Waals surface area contributed by atoms with Crippen LogP contribution in [-0.2, 0) is 4.79 Å². The average molecular weight is 319 g/mol. The van der Waals surface area contributed by atoms with Crippen LogP contribution in [0, 0.1) is 0 Å². The highest BCUT2D eigenvalue weighted by molar-refractivity contribution is 5.86. The Labute approximate surface area is 142 Å². The summed E-state index contributed by atoms with van der Waals surface area (Å²) in [5, 5.41) is 8.68. The van der Waals surface area contributed by atoms with Crippen molar-refractivity contribution in [3.63, 3.8) is 0 Å².